The van der Waals surface area contributed by atoms with Gasteiger partial charge in [-0.1, -0.05) is 49.6 Å². The van der Waals surface area contributed by atoms with Crippen LogP contribution in [0.5, 0.6) is 0 Å². The molecule has 2 N–H and O–H groups in total. The summed E-state index contributed by atoms with van der Waals surface area (Å²) in [5, 5.41) is 14.0. The van der Waals surface area contributed by atoms with Crippen molar-refractivity contribution in [1.29, 1.82) is 0 Å². The summed E-state index contributed by atoms with van der Waals surface area (Å²) in [7, 11) is 0. The summed E-state index contributed by atoms with van der Waals surface area (Å²) in [5.74, 6) is 0.666. The molecule has 0 aromatic heterocycles. The molecule has 1 aliphatic heterocycles. The first-order valence-electron chi connectivity index (χ1n) is 9.98. The van der Waals surface area contributed by atoms with Crippen LogP contribution < -0.4 is 5.32 Å². The van der Waals surface area contributed by atoms with E-state index >= 15 is 0 Å². The summed E-state index contributed by atoms with van der Waals surface area (Å²) in [5.41, 5.74) is 1.34. The molecule has 1 saturated heterocycles. The van der Waals surface area contributed by atoms with E-state index in [2.05, 4.69) is 35.6 Å². The molecule has 2 atom stereocenters. The van der Waals surface area contributed by atoms with Gasteiger partial charge in [0.25, 0.3) is 0 Å². The Morgan fingerprint density at radius 1 is 1.04 bits per heavy atom. The minimum Gasteiger partial charge on any atom is -0.389 e. The third kappa shape index (κ3) is 6.07. The number of benzene rings is 1. The zero-order valence-corrected chi connectivity index (χ0v) is 15.2. The summed E-state index contributed by atoms with van der Waals surface area (Å²) >= 11 is 0. The maximum Gasteiger partial charge on any atom is 0.0898 e. The van der Waals surface area contributed by atoms with E-state index in [-0.39, 0.29) is 6.10 Å². The lowest BCUT2D eigenvalue weighted by molar-refractivity contribution is -0.0591. The lowest BCUT2D eigenvalue weighted by atomic mass is 9.81. The summed E-state index contributed by atoms with van der Waals surface area (Å²) in [4.78, 5) is 0. The van der Waals surface area contributed by atoms with Gasteiger partial charge in [-0.15, -0.1) is 0 Å². The number of hydrogen-bond donors (Lipinski definition) is 2. The second kappa shape index (κ2) is 10.3. The van der Waals surface area contributed by atoms with Crippen LogP contribution in [0.2, 0.25) is 0 Å². The average Bonchev–Trinajstić information content (AvgIpc) is 2.69. The Morgan fingerprint density at radius 2 is 1.76 bits per heavy atom. The van der Waals surface area contributed by atoms with Gasteiger partial charge in [-0.3, -0.25) is 0 Å². The molecule has 0 amide bonds. The van der Waals surface area contributed by atoms with Gasteiger partial charge in [0.15, 0.2) is 0 Å². The Kier molecular flexibility index (Phi) is 7.74. The van der Waals surface area contributed by atoms with Crippen molar-refractivity contribution in [2.24, 2.45) is 5.92 Å². The van der Waals surface area contributed by atoms with E-state index < -0.39 is 6.10 Å². The number of ether oxygens (including phenoxy) is 2. The fourth-order valence-electron chi connectivity index (χ4n) is 4.10. The first-order chi connectivity index (χ1) is 12.3. The van der Waals surface area contributed by atoms with E-state index in [4.69, 9.17) is 9.47 Å². The third-order valence-electron chi connectivity index (χ3n) is 5.55. The number of nitrogens with one attached hydrogen (secondary N) is 1. The summed E-state index contributed by atoms with van der Waals surface area (Å²) in [6.45, 7) is 2.54. The molecule has 0 spiro atoms. The highest BCUT2D eigenvalue weighted by Gasteiger charge is 2.25. The van der Waals surface area contributed by atoms with Gasteiger partial charge in [-0.05, 0) is 37.2 Å². The normalized spacial score (nSPS) is 22.6. The molecule has 2 aliphatic rings. The molecule has 0 bridgehead atoms. The van der Waals surface area contributed by atoms with Crippen molar-refractivity contribution in [3.8, 4) is 0 Å². The fraction of sp³-hybridized carbons (Fsp3) is 0.714. The number of rotatable bonds is 8. The van der Waals surface area contributed by atoms with Crippen molar-refractivity contribution in [1.82, 2.24) is 5.32 Å². The Morgan fingerprint density at radius 3 is 2.48 bits per heavy atom. The monoisotopic (exact) mass is 347 g/mol. The van der Waals surface area contributed by atoms with Crippen molar-refractivity contribution < 1.29 is 14.6 Å². The van der Waals surface area contributed by atoms with Crippen LogP contribution in [-0.2, 0) is 9.47 Å². The van der Waals surface area contributed by atoms with Crippen LogP contribution in [0, 0.1) is 5.92 Å². The summed E-state index contributed by atoms with van der Waals surface area (Å²) in [6, 6.07) is 11.0. The molecule has 2 fully saturated rings. The molecular weight excluding hydrogens is 314 g/mol. The highest BCUT2D eigenvalue weighted by Crippen LogP contribution is 2.34. The topological polar surface area (TPSA) is 50.7 Å². The summed E-state index contributed by atoms with van der Waals surface area (Å²) in [6.07, 6.45) is 8.23. The van der Waals surface area contributed by atoms with Crippen molar-refractivity contribution in [3.05, 3.63) is 35.9 Å². The summed E-state index contributed by atoms with van der Waals surface area (Å²) < 4.78 is 11.2. The Hall–Kier alpha value is -0.940. The zero-order chi connectivity index (χ0) is 17.3. The molecule has 1 aromatic rings. The van der Waals surface area contributed by atoms with Crippen molar-refractivity contribution in [3.63, 3.8) is 0 Å². The van der Waals surface area contributed by atoms with Crippen LogP contribution in [0.4, 0.5) is 0 Å². The molecule has 25 heavy (non-hydrogen) atoms. The molecule has 2 unspecified atom stereocenters. The van der Waals surface area contributed by atoms with Gasteiger partial charge in [0.1, 0.15) is 0 Å². The van der Waals surface area contributed by atoms with E-state index in [9.17, 15) is 5.11 Å². The van der Waals surface area contributed by atoms with Gasteiger partial charge in [-0.2, -0.15) is 0 Å². The largest absolute Gasteiger partial charge is 0.389 e. The molecule has 1 aliphatic carbocycles. The van der Waals surface area contributed by atoms with Crippen LogP contribution >= 0.6 is 0 Å². The van der Waals surface area contributed by atoms with E-state index in [1.165, 1.54) is 37.7 Å². The SMILES string of the molecule is OC(CNC(c1ccccc1)C1CCCCC1)COC1CCOCC1. The van der Waals surface area contributed by atoms with Gasteiger partial charge < -0.3 is 19.9 Å². The molecule has 1 heterocycles. The van der Waals surface area contributed by atoms with Crippen LogP contribution in [0.15, 0.2) is 30.3 Å². The molecular formula is C21H33NO3. The molecule has 0 radical (unpaired) electrons. The minimum atomic E-state index is -0.461. The van der Waals surface area contributed by atoms with Gasteiger partial charge in [-0.25, -0.2) is 0 Å². The Labute approximate surface area is 151 Å². The van der Waals surface area contributed by atoms with E-state index in [0.717, 1.165) is 26.1 Å². The van der Waals surface area contributed by atoms with Crippen LogP contribution in [-0.4, -0.2) is 43.7 Å². The highest BCUT2D eigenvalue weighted by molar-refractivity contribution is 5.20. The van der Waals surface area contributed by atoms with Crippen LogP contribution in [0.1, 0.15) is 56.6 Å². The highest BCUT2D eigenvalue weighted by atomic mass is 16.5. The molecule has 3 rings (SSSR count). The minimum absolute atomic E-state index is 0.242. The van der Waals surface area contributed by atoms with E-state index in [1.54, 1.807) is 0 Å². The average molecular weight is 347 g/mol. The second-order valence-electron chi connectivity index (χ2n) is 7.49. The zero-order valence-electron chi connectivity index (χ0n) is 15.2. The Balaban J connectivity index is 1.49. The number of aliphatic hydroxyl groups is 1. The maximum atomic E-state index is 10.4. The fourth-order valence-corrected chi connectivity index (χ4v) is 4.10. The van der Waals surface area contributed by atoms with E-state index in [1.807, 2.05) is 0 Å². The molecule has 140 valence electrons. The number of hydrogen-bond acceptors (Lipinski definition) is 4. The van der Waals surface area contributed by atoms with Gasteiger partial charge in [0.2, 0.25) is 0 Å². The maximum absolute atomic E-state index is 10.4. The van der Waals surface area contributed by atoms with Crippen LogP contribution in [0.25, 0.3) is 0 Å². The first kappa shape index (κ1) is 18.8. The van der Waals surface area contributed by atoms with Gasteiger partial charge in [0, 0.05) is 25.8 Å². The van der Waals surface area contributed by atoms with E-state index in [0.29, 0.717) is 25.1 Å². The number of aliphatic hydroxyl groups excluding tert-OH is 1. The van der Waals surface area contributed by atoms with Crippen LogP contribution in [0.3, 0.4) is 0 Å². The third-order valence-corrected chi connectivity index (χ3v) is 5.55. The smallest absolute Gasteiger partial charge is 0.0898 e. The lowest BCUT2D eigenvalue weighted by Crippen LogP contribution is -2.38. The van der Waals surface area contributed by atoms with Crippen molar-refractivity contribution >= 4 is 0 Å². The molecule has 1 saturated carbocycles. The van der Waals surface area contributed by atoms with Crippen molar-refractivity contribution in [2.75, 3.05) is 26.4 Å². The predicted octanol–water partition coefficient (Wildman–Crippen LogP) is 3.45. The van der Waals surface area contributed by atoms with Gasteiger partial charge in [0.05, 0.1) is 18.8 Å². The Bertz CT molecular complexity index is 469. The lowest BCUT2D eigenvalue weighted by Gasteiger charge is -2.32. The second-order valence-corrected chi connectivity index (χ2v) is 7.49. The first-order valence-corrected chi connectivity index (χ1v) is 9.98. The standard InChI is InChI=1S/C21H33NO3/c23-19(16-25-20-11-13-24-14-12-20)15-22-21(17-7-3-1-4-8-17)18-9-5-2-6-10-18/h1,3-4,7-8,18-23H,2,5-6,9-16H2. The van der Waals surface area contributed by atoms with Crippen molar-refractivity contribution in [2.45, 2.75) is 63.2 Å². The van der Waals surface area contributed by atoms with Gasteiger partial charge >= 0.3 is 0 Å². The molecule has 4 nitrogen and oxygen atoms in total. The molecule has 1 aromatic carbocycles. The molecule has 4 heteroatoms. The predicted molar refractivity (Wildman–Crippen MR) is 99.6 cm³/mol. The quantitative estimate of drug-likeness (QED) is 0.756.